The highest BCUT2D eigenvalue weighted by molar-refractivity contribution is 5.95. The van der Waals surface area contributed by atoms with Gasteiger partial charge in [-0.2, -0.15) is 5.26 Å². The Morgan fingerprint density at radius 2 is 1.42 bits per heavy atom. The number of rotatable bonds is 12. The van der Waals surface area contributed by atoms with Gasteiger partial charge in [0, 0.05) is 24.9 Å². The van der Waals surface area contributed by atoms with Gasteiger partial charge < -0.3 is 25.4 Å². The van der Waals surface area contributed by atoms with Crippen LogP contribution in [-0.4, -0.2) is 59.5 Å². The van der Waals surface area contributed by atoms with Crippen molar-refractivity contribution in [2.75, 3.05) is 6.54 Å². The van der Waals surface area contributed by atoms with Crippen molar-refractivity contribution in [3.05, 3.63) is 71.3 Å². The van der Waals surface area contributed by atoms with E-state index >= 15 is 0 Å². The Hall–Kier alpha value is -4.72. The lowest BCUT2D eigenvalue weighted by Gasteiger charge is -2.27. The fourth-order valence-electron chi connectivity index (χ4n) is 3.80. The minimum Gasteiger partial charge on any atom is -0.460 e. The quantitative estimate of drug-likeness (QED) is 0.317. The van der Waals surface area contributed by atoms with Gasteiger partial charge in [0.05, 0.1) is 18.1 Å². The lowest BCUT2D eigenvalue weighted by Crippen LogP contribution is -2.54. The molecule has 0 saturated carbocycles. The molecule has 0 heterocycles. The first-order chi connectivity index (χ1) is 20.1. The van der Waals surface area contributed by atoms with Crippen molar-refractivity contribution in [1.82, 2.24) is 16.0 Å². The molecule has 0 bridgehead atoms. The topological polar surface area (TPSA) is 164 Å². The zero-order valence-corrected chi connectivity index (χ0v) is 25.5. The van der Waals surface area contributed by atoms with Crippen LogP contribution in [0.25, 0.3) is 0 Å². The Balaban J connectivity index is 2.14. The molecule has 2 aromatic rings. The number of esters is 2. The number of carbonyl (C=O) groups excluding carboxylic acids is 5. The lowest BCUT2D eigenvalue weighted by molar-refractivity contribution is -0.159. The number of carbonyl (C=O) groups is 5. The summed E-state index contributed by atoms with van der Waals surface area (Å²) in [6.45, 7) is 10.1. The van der Waals surface area contributed by atoms with Gasteiger partial charge in [0.2, 0.25) is 11.8 Å². The number of nitriles is 1. The van der Waals surface area contributed by atoms with Crippen LogP contribution in [0, 0.1) is 11.3 Å². The van der Waals surface area contributed by atoms with Crippen molar-refractivity contribution in [3.8, 4) is 6.07 Å². The first kappa shape index (κ1) is 34.5. The lowest BCUT2D eigenvalue weighted by atomic mass is 10.0. The molecular weight excluding hydrogens is 552 g/mol. The first-order valence-electron chi connectivity index (χ1n) is 13.9. The Morgan fingerprint density at radius 1 is 0.814 bits per heavy atom. The number of nitrogens with zero attached hydrogens (tertiary/aromatic N) is 1. The van der Waals surface area contributed by atoms with Crippen LogP contribution in [-0.2, 0) is 35.1 Å². The molecule has 0 fully saturated rings. The first-order valence-corrected chi connectivity index (χ1v) is 13.9. The summed E-state index contributed by atoms with van der Waals surface area (Å²) in [6, 6.07) is 14.5. The smallest absolute Gasteiger partial charge is 0.329 e. The Labute approximate surface area is 252 Å². The molecule has 3 N–H and O–H groups in total. The summed E-state index contributed by atoms with van der Waals surface area (Å²) < 4.78 is 10.9. The normalized spacial score (nSPS) is 12.6. The summed E-state index contributed by atoms with van der Waals surface area (Å²) >= 11 is 0. The maximum Gasteiger partial charge on any atom is 0.329 e. The predicted octanol–water partition coefficient (Wildman–Crippen LogP) is 2.96. The van der Waals surface area contributed by atoms with Crippen LogP contribution in [0.3, 0.4) is 0 Å². The number of nitrogens with one attached hydrogen (secondary N) is 3. The van der Waals surface area contributed by atoms with Gasteiger partial charge in [0.15, 0.2) is 0 Å². The summed E-state index contributed by atoms with van der Waals surface area (Å²) in [5, 5.41) is 16.7. The van der Waals surface area contributed by atoms with Crippen molar-refractivity contribution in [2.45, 2.75) is 84.1 Å². The fraction of sp³-hybridized carbons (Fsp3) is 0.438. The second kappa shape index (κ2) is 15.5. The van der Waals surface area contributed by atoms with E-state index in [1.165, 1.54) is 24.3 Å². The van der Waals surface area contributed by atoms with Crippen LogP contribution >= 0.6 is 0 Å². The zero-order valence-electron chi connectivity index (χ0n) is 25.5. The molecule has 0 saturated heterocycles. The molecule has 0 aliphatic heterocycles. The van der Waals surface area contributed by atoms with Gasteiger partial charge in [0.1, 0.15) is 23.3 Å². The average molecular weight is 593 g/mol. The van der Waals surface area contributed by atoms with Crippen molar-refractivity contribution in [2.24, 2.45) is 0 Å². The van der Waals surface area contributed by atoms with E-state index in [0.29, 0.717) is 11.1 Å². The SMILES string of the molecule is CC(C)(C)OC(=O)C[C@H](NC(=O)CCNC(=O)c1ccc(C#N)cc1)C(=O)N[C@@H](Cc1ccccc1)C(=O)OC(C)(C)C. The molecule has 43 heavy (non-hydrogen) atoms. The molecule has 0 radical (unpaired) electrons. The van der Waals surface area contributed by atoms with Gasteiger partial charge in [-0.25, -0.2) is 4.79 Å². The van der Waals surface area contributed by atoms with Crippen LogP contribution < -0.4 is 16.0 Å². The van der Waals surface area contributed by atoms with Gasteiger partial charge in [-0.1, -0.05) is 30.3 Å². The summed E-state index contributed by atoms with van der Waals surface area (Å²) in [6.07, 6.45) is -0.561. The zero-order chi connectivity index (χ0) is 32.2. The number of benzene rings is 2. The predicted molar refractivity (Wildman–Crippen MR) is 158 cm³/mol. The molecular formula is C32H40N4O7. The highest BCUT2D eigenvalue weighted by Gasteiger charge is 2.32. The Morgan fingerprint density at radius 3 is 1.98 bits per heavy atom. The average Bonchev–Trinajstić information content (AvgIpc) is 2.90. The molecule has 0 unspecified atom stereocenters. The van der Waals surface area contributed by atoms with Gasteiger partial charge >= 0.3 is 11.9 Å². The number of hydrogen-bond donors (Lipinski definition) is 3. The molecule has 0 spiro atoms. The molecule has 0 aliphatic carbocycles. The van der Waals surface area contributed by atoms with Gasteiger partial charge in [-0.15, -0.1) is 0 Å². The van der Waals surface area contributed by atoms with Gasteiger partial charge in [-0.05, 0) is 71.4 Å². The molecule has 3 amide bonds. The minimum atomic E-state index is -1.36. The van der Waals surface area contributed by atoms with Crippen LogP contribution in [0.5, 0.6) is 0 Å². The Bertz CT molecular complexity index is 1320. The van der Waals surface area contributed by atoms with Crippen molar-refractivity contribution in [3.63, 3.8) is 0 Å². The summed E-state index contributed by atoms with van der Waals surface area (Å²) in [7, 11) is 0. The molecule has 230 valence electrons. The van der Waals surface area contributed by atoms with E-state index in [2.05, 4.69) is 16.0 Å². The van der Waals surface area contributed by atoms with Crippen LogP contribution in [0.2, 0.25) is 0 Å². The second-order valence-electron chi connectivity index (χ2n) is 11.9. The van der Waals surface area contributed by atoms with Crippen LogP contribution in [0.4, 0.5) is 0 Å². The molecule has 2 atom stereocenters. The molecule has 0 aliphatic rings. The monoisotopic (exact) mass is 592 g/mol. The molecule has 11 nitrogen and oxygen atoms in total. The Kier molecular flexibility index (Phi) is 12.4. The van der Waals surface area contributed by atoms with E-state index in [4.69, 9.17) is 14.7 Å². The van der Waals surface area contributed by atoms with Crippen molar-refractivity contribution < 1.29 is 33.4 Å². The van der Waals surface area contributed by atoms with E-state index in [1.807, 2.05) is 12.1 Å². The standard InChI is InChI=1S/C32H40N4O7/c1-31(2,3)42-27(38)19-24(35-26(37)16-17-34-28(39)23-14-12-22(20-33)13-15-23)29(40)36-25(30(41)43-32(4,5)6)18-21-10-8-7-9-11-21/h7-15,24-25H,16-19H2,1-6H3,(H,34,39)(H,35,37)(H,36,40)/t24-,25-/m0/s1. The second-order valence-corrected chi connectivity index (χ2v) is 11.9. The van der Waals surface area contributed by atoms with Gasteiger partial charge in [0.25, 0.3) is 5.91 Å². The van der Waals surface area contributed by atoms with E-state index < -0.39 is 59.4 Å². The molecule has 0 aromatic heterocycles. The molecule has 2 rings (SSSR count). The maximum atomic E-state index is 13.4. The minimum absolute atomic E-state index is 0.0556. The summed E-state index contributed by atoms with van der Waals surface area (Å²) in [4.78, 5) is 64.3. The van der Waals surface area contributed by atoms with Gasteiger partial charge in [-0.3, -0.25) is 19.2 Å². The molecule has 2 aromatic carbocycles. The number of hydrogen-bond acceptors (Lipinski definition) is 8. The van der Waals surface area contributed by atoms with Crippen molar-refractivity contribution in [1.29, 1.82) is 5.26 Å². The fourth-order valence-corrected chi connectivity index (χ4v) is 3.80. The van der Waals surface area contributed by atoms with Crippen molar-refractivity contribution >= 4 is 29.7 Å². The summed E-state index contributed by atoms with van der Waals surface area (Å²) in [5.74, 6) is -3.22. The largest absolute Gasteiger partial charge is 0.460 e. The maximum absolute atomic E-state index is 13.4. The highest BCUT2D eigenvalue weighted by atomic mass is 16.6. The molecule has 11 heteroatoms. The van der Waals surface area contributed by atoms with E-state index in [0.717, 1.165) is 5.56 Å². The van der Waals surface area contributed by atoms with E-state index in [9.17, 15) is 24.0 Å². The third-order valence-corrected chi connectivity index (χ3v) is 5.65. The third kappa shape index (κ3) is 13.2. The summed E-state index contributed by atoms with van der Waals surface area (Å²) in [5.41, 5.74) is -0.159. The number of amides is 3. The van der Waals surface area contributed by atoms with E-state index in [-0.39, 0.29) is 19.4 Å². The third-order valence-electron chi connectivity index (χ3n) is 5.65. The van der Waals surface area contributed by atoms with E-state index in [1.54, 1.807) is 65.8 Å². The number of ether oxygens (including phenoxy) is 2. The van der Waals surface area contributed by atoms with Crippen LogP contribution in [0.15, 0.2) is 54.6 Å². The van der Waals surface area contributed by atoms with Crippen LogP contribution in [0.1, 0.15) is 75.9 Å². The highest BCUT2D eigenvalue weighted by Crippen LogP contribution is 2.13.